The molecule has 2 rings (SSSR count). The van der Waals surface area contributed by atoms with Crippen molar-refractivity contribution < 1.29 is 27.4 Å². The Bertz CT molecular complexity index is 735. The van der Waals surface area contributed by atoms with Crippen LogP contribution in [0.15, 0.2) is 41.2 Å². The van der Waals surface area contributed by atoms with Crippen molar-refractivity contribution in [1.82, 2.24) is 4.98 Å². The van der Waals surface area contributed by atoms with E-state index in [0.717, 1.165) is 19.2 Å². The summed E-state index contributed by atoms with van der Waals surface area (Å²) in [6.07, 6.45) is -4.78. The van der Waals surface area contributed by atoms with Gasteiger partial charge in [0.05, 0.1) is 7.11 Å². The fourth-order valence-electron chi connectivity index (χ4n) is 1.81. The van der Waals surface area contributed by atoms with E-state index in [1.54, 1.807) is 0 Å². The number of methoxy groups -OCH3 is 1. The zero-order valence-corrected chi connectivity index (χ0v) is 11.2. The van der Waals surface area contributed by atoms with Gasteiger partial charge in [-0.25, -0.2) is 4.79 Å². The lowest BCUT2D eigenvalue weighted by Gasteiger charge is -2.10. The van der Waals surface area contributed by atoms with Gasteiger partial charge < -0.3 is 14.5 Å². The molecule has 22 heavy (non-hydrogen) atoms. The van der Waals surface area contributed by atoms with Crippen molar-refractivity contribution in [3.8, 4) is 16.9 Å². The van der Waals surface area contributed by atoms with Crippen molar-refractivity contribution in [2.45, 2.75) is 6.36 Å². The van der Waals surface area contributed by atoms with Gasteiger partial charge in [-0.2, -0.15) is 0 Å². The molecule has 5 nitrogen and oxygen atoms in total. The first kappa shape index (κ1) is 15.6. The number of H-pyrrole nitrogens is 1. The van der Waals surface area contributed by atoms with Crippen LogP contribution < -0.4 is 10.3 Å². The molecule has 116 valence electrons. The molecule has 0 aliphatic heterocycles. The number of rotatable bonds is 3. The van der Waals surface area contributed by atoms with E-state index in [-0.39, 0.29) is 11.4 Å². The molecular weight excluding hydrogens is 303 g/mol. The highest BCUT2D eigenvalue weighted by atomic mass is 19.4. The lowest BCUT2D eigenvalue weighted by Crippen LogP contribution is -2.17. The van der Waals surface area contributed by atoms with Crippen LogP contribution in [-0.2, 0) is 4.74 Å². The quantitative estimate of drug-likeness (QED) is 0.885. The first-order chi connectivity index (χ1) is 10.3. The Morgan fingerprint density at radius 1 is 1.09 bits per heavy atom. The smallest absolute Gasteiger partial charge is 0.464 e. The Labute approximate surface area is 122 Å². The average Bonchev–Trinajstić information content (AvgIpc) is 2.46. The number of hydrogen-bond donors (Lipinski definition) is 1. The number of benzene rings is 1. The van der Waals surface area contributed by atoms with Gasteiger partial charge in [0.2, 0.25) is 5.56 Å². The Kier molecular flexibility index (Phi) is 4.20. The maximum Gasteiger partial charge on any atom is 0.573 e. The van der Waals surface area contributed by atoms with E-state index >= 15 is 0 Å². The van der Waals surface area contributed by atoms with E-state index in [4.69, 9.17) is 0 Å². The Morgan fingerprint density at radius 3 is 2.27 bits per heavy atom. The molecule has 8 heteroatoms. The lowest BCUT2D eigenvalue weighted by atomic mass is 10.0. The summed E-state index contributed by atoms with van der Waals surface area (Å²) in [4.78, 5) is 25.3. The number of carbonyl (C=O) groups is 1. The summed E-state index contributed by atoms with van der Waals surface area (Å²) < 4.78 is 44.6. The predicted molar refractivity (Wildman–Crippen MR) is 70.5 cm³/mol. The predicted octanol–water partition coefficient (Wildman–Crippen LogP) is 2.73. The maximum absolute atomic E-state index is 12.1. The van der Waals surface area contributed by atoms with Gasteiger partial charge in [0.15, 0.2) is 0 Å². The molecule has 1 N–H and O–H groups in total. The van der Waals surface area contributed by atoms with Gasteiger partial charge in [0, 0.05) is 11.6 Å². The summed E-state index contributed by atoms with van der Waals surface area (Å²) >= 11 is 0. The van der Waals surface area contributed by atoms with Crippen LogP contribution in [0.4, 0.5) is 13.2 Å². The third-order valence-electron chi connectivity index (χ3n) is 2.71. The topological polar surface area (TPSA) is 68.4 Å². The van der Waals surface area contributed by atoms with Crippen LogP contribution in [-0.4, -0.2) is 24.4 Å². The number of hydrogen-bond acceptors (Lipinski definition) is 4. The molecule has 1 aromatic heterocycles. The number of pyridine rings is 1. The van der Waals surface area contributed by atoms with Gasteiger partial charge in [0.1, 0.15) is 11.4 Å². The summed E-state index contributed by atoms with van der Waals surface area (Å²) in [5, 5.41) is 0. The highest BCUT2D eigenvalue weighted by Crippen LogP contribution is 2.27. The van der Waals surface area contributed by atoms with Crippen molar-refractivity contribution >= 4 is 5.97 Å². The molecule has 0 fully saturated rings. The van der Waals surface area contributed by atoms with Crippen molar-refractivity contribution in [3.63, 3.8) is 0 Å². The van der Waals surface area contributed by atoms with E-state index in [9.17, 15) is 22.8 Å². The van der Waals surface area contributed by atoms with E-state index in [0.29, 0.717) is 11.1 Å². The molecule has 1 aromatic carbocycles. The second-order valence-corrected chi connectivity index (χ2v) is 4.18. The summed E-state index contributed by atoms with van der Waals surface area (Å²) in [7, 11) is 1.15. The molecule has 0 atom stereocenters. The van der Waals surface area contributed by atoms with Crippen LogP contribution in [0.3, 0.4) is 0 Å². The average molecular weight is 313 g/mol. The number of nitrogens with one attached hydrogen (secondary N) is 1. The monoisotopic (exact) mass is 313 g/mol. The van der Waals surface area contributed by atoms with Gasteiger partial charge >= 0.3 is 12.3 Å². The lowest BCUT2D eigenvalue weighted by molar-refractivity contribution is -0.274. The Hall–Kier alpha value is -2.77. The van der Waals surface area contributed by atoms with Crippen LogP contribution >= 0.6 is 0 Å². The third-order valence-corrected chi connectivity index (χ3v) is 2.71. The highest BCUT2D eigenvalue weighted by molar-refractivity contribution is 5.95. The second kappa shape index (κ2) is 5.92. The molecule has 0 saturated carbocycles. The maximum atomic E-state index is 12.1. The molecular formula is C14H10F3NO4. The summed E-state index contributed by atoms with van der Waals surface area (Å²) in [6.45, 7) is 0. The molecule has 0 radical (unpaired) electrons. The van der Waals surface area contributed by atoms with E-state index in [1.807, 2.05) is 0 Å². The van der Waals surface area contributed by atoms with Crippen LogP contribution in [0.1, 0.15) is 10.5 Å². The molecule has 0 bridgehead atoms. The second-order valence-electron chi connectivity index (χ2n) is 4.18. The number of carbonyl (C=O) groups excluding carboxylic acids is 1. The number of aromatic amines is 1. The molecule has 0 saturated heterocycles. The van der Waals surface area contributed by atoms with E-state index in [1.165, 1.54) is 24.3 Å². The zero-order chi connectivity index (χ0) is 16.3. The van der Waals surface area contributed by atoms with Gasteiger partial charge in [-0.1, -0.05) is 12.1 Å². The van der Waals surface area contributed by atoms with Gasteiger partial charge in [-0.3, -0.25) is 4.79 Å². The minimum absolute atomic E-state index is 0.0838. The first-order valence-corrected chi connectivity index (χ1v) is 5.98. The van der Waals surface area contributed by atoms with Crippen molar-refractivity contribution in [2.75, 3.05) is 7.11 Å². The van der Waals surface area contributed by atoms with Crippen LogP contribution in [0.2, 0.25) is 0 Å². The van der Waals surface area contributed by atoms with Gasteiger partial charge in [-0.05, 0) is 23.8 Å². The fraction of sp³-hybridized carbons (Fsp3) is 0.143. The van der Waals surface area contributed by atoms with Crippen molar-refractivity contribution in [2.24, 2.45) is 0 Å². The summed E-state index contributed by atoms with van der Waals surface area (Å²) in [6, 6.07) is 7.46. The SMILES string of the molecule is COC(=O)c1[nH]c(=O)ccc1-c1ccc(OC(F)(F)F)cc1. The molecule has 0 aliphatic carbocycles. The van der Waals surface area contributed by atoms with Crippen molar-refractivity contribution in [1.29, 1.82) is 0 Å². The Morgan fingerprint density at radius 2 is 1.73 bits per heavy atom. The van der Waals surface area contributed by atoms with Gasteiger partial charge in [-0.15, -0.1) is 13.2 Å². The molecule has 2 aromatic rings. The summed E-state index contributed by atoms with van der Waals surface area (Å²) in [5.41, 5.74) is 0.164. The van der Waals surface area contributed by atoms with E-state index < -0.39 is 17.9 Å². The fourth-order valence-corrected chi connectivity index (χ4v) is 1.81. The standard InChI is InChI=1S/C14H10F3NO4/c1-21-13(20)12-10(6-7-11(19)18-12)8-2-4-9(5-3-8)22-14(15,16)17/h2-7H,1H3,(H,18,19). The van der Waals surface area contributed by atoms with E-state index in [2.05, 4.69) is 14.5 Å². The Balaban J connectivity index is 2.40. The molecule has 0 aliphatic rings. The molecule has 0 unspecified atom stereocenters. The minimum Gasteiger partial charge on any atom is -0.464 e. The number of aromatic nitrogens is 1. The van der Waals surface area contributed by atoms with Crippen LogP contribution in [0.25, 0.3) is 11.1 Å². The third kappa shape index (κ3) is 3.66. The summed E-state index contributed by atoms with van der Waals surface area (Å²) in [5.74, 6) is -1.15. The highest BCUT2D eigenvalue weighted by Gasteiger charge is 2.31. The van der Waals surface area contributed by atoms with Crippen molar-refractivity contribution in [3.05, 3.63) is 52.4 Å². The van der Waals surface area contributed by atoms with Crippen LogP contribution in [0, 0.1) is 0 Å². The molecule has 0 spiro atoms. The number of esters is 1. The molecule has 0 amide bonds. The molecule has 1 heterocycles. The van der Waals surface area contributed by atoms with Gasteiger partial charge in [0.25, 0.3) is 0 Å². The number of halogens is 3. The zero-order valence-electron chi connectivity index (χ0n) is 11.2. The number of ether oxygens (including phenoxy) is 2. The normalized spacial score (nSPS) is 11.1. The largest absolute Gasteiger partial charge is 0.573 e. The van der Waals surface area contributed by atoms with Crippen LogP contribution in [0.5, 0.6) is 5.75 Å². The minimum atomic E-state index is -4.78. The first-order valence-electron chi connectivity index (χ1n) is 5.98. The number of alkyl halides is 3.